The quantitative estimate of drug-likeness (QED) is 0.398. The van der Waals surface area contributed by atoms with E-state index in [9.17, 15) is 4.79 Å². The summed E-state index contributed by atoms with van der Waals surface area (Å²) >= 11 is 2.99. The molecular weight excluding hydrogens is 432 g/mol. The van der Waals surface area contributed by atoms with Crippen molar-refractivity contribution in [3.63, 3.8) is 0 Å². The average Bonchev–Trinajstić information content (AvgIpc) is 3.36. The van der Waals surface area contributed by atoms with E-state index in [4.69, 9.17) is 9.72 Å². The zero-order valence-corrected chi connectivity index (χ0v) is 19.5. The van der Waals surface area contributed by atoms with Crippen LogP contribution in [0.3, 0.4) is 0 Å². The van der Waals surface area contributed by atoms with Crippen LogP contribution >= 0.6 is 23.1 Å². The summed E-state index contributed by atoms with van der Waals surface area (Å²) in [6.45, 7) is 6.45. The molecule has 3 aromatic heterocycles. The van der Waals surface area contributed by atoms with Crippen LogP contribution in [-0.4, -0.2) is 37.3 Å². The number of benzene rings is 1. The van der Waals surface area contributed by atoms with Crippen LogP contribution in [0.25, 0.3) is 15.9 Å². The van der Waals surface area contributed by atoms with Gasteiger partial charge in [-0.25, -0.2) is 4.98 Å². The highest BCUT2D eigenvalue weighted by molar-refractivity contribution is 7.98. The first-order valence-corrected chi connectivity index (χ1v) is 11.9. The Labute approximate surface area is 188 Å². The van der Waals surface area contributed by atoms with Gasteiger partial charge in [0.2, 0.25) is 5.16 Å². The summed E-state index contributed by atoms with van der Waals surface area (Å²) in [6.07, 6.45) is 1.98. The van der Waals surface area contributed by atoms with Crippen molar-refractivity contribution in [1.82, 2.24) is 30.2 Å². The Balaban J connectivity index is 1.60. The molecule has 4 rings (SSSR count). The topological polar surface area (TPSA) is 98.6 Å². The lowest BCUT2D eigenvalue weighted by molar-refractivity contribution is 0.410. The highest BCUT2D eigenvalue weighted by Crippen LogP contribution is 2.31. The monoisotopic (exact) mass is 456 g/mol. The molecule has 1 atom stereocenters. The number of tetrazole rings is 1. The Morgan fingerprint density at radius 2 is 2.13 bits per heavy atom. The van der Waals surface area contributed by atoms with Gasteiger partial charge in [-0.2, -0.15) is 4.68 Å². The second-order valence-corrected chi connectivity index (χ2v) is 9.53. The molecule has 1 unspecified atom stereocenters. The van der Waals surface area contributed by atoms with E-state index in [0.717, 1.165) is 34.3 Å². The molecular formula is C21H24N6O2S2. The highest BCUT2D eigenvalue weighted by Gasteiger charge is 2.18. The number of para-hydroxylation sites is 2. The molecule has 162 valence electrons. The van der Waals surface area contributed by atoms with Gasteiger partial charge in [-0.15, -0.1) is 16.4 Å². The third-order valence-corrected chi connectivity index (χ3v) is 7.23. The first kappa shape index (κ1) is 21.5. The zero-order chi connectivity index (χ0) is 22.0. The van der Waals surface area contributed by atoms with Gasteiger partial charge in [0.05, 0.1) is 18.2 Å². The van der Waals surface area contributed by atoms with E-state index in [-0.39, 0.29) is 5.56 Å². The molecule has 0 saturated carbocycles. The van der Waals surface area contributed by atoms with E-state index in [1.807, 2.05) is 24.3 Å². The molecule has 0 bridgehead atoms. The first-order chi connectivity index (χ1) is 15.0. The number of methoxy groups -OCH3 is 1. The van der Waals surface area contributed by atoms with Gasteiger partial charge < -0.3 is 9.72 Å². The van der Waals surface area contributed by atoms with Gasteiger partial charge in [-0.3, -0.25) is 4.79 Å². The van der Waals surface area contributed by atoms with Gasteiger partial charge in [-0.05, 0) is 47.4 Å². The SMILES string of the molecule is CCC(C)Cc1c(C)sc2nc(CSc3nnnn3-c3ccccc3OC)[nH]c(=O)c12. The maximum Gasteiger partial charge on any atom is 0.259 e. The maximum absolute atomic E-state index is 12.9. The van der Waals surface area contributed by atoms with Crippen molar-refractivity contribution in [2.75, 3.05) is 7.11 Å². The fraction of sp³-hybridized carbons (Fsp3) is 0.381. The van der Waals surface area contributed by atoms with Crippen LogP contribution < -0.4 is 10.3 Å². The number of nitrogens with zero attached hydrogens (tertiary/aromatic N) is 5. The molecule has 4 aromatic rings. The van der Waals surface area contributed by atoms with Crippen molar-refractivity contribution in [1.29, 1.82) is 0 Å². The summed E-state index contributed by atoms with van der Waals surface area (Å²) in [5.41, 5.74) is 1.80. The Hall–Kier alpha value is -2.72. The molecule has 0 radical (unpaired) electrons. The number of aryl methyl sites for hydroxylation is 1. The van der Waals surface area contributed by atoms with E-state index in [2.05, 4.69) is 41.3 Å². The van der Waals surface area contributed by atoms with E-state index in [0.29, 0.717) is 28.4 Å². The lowest BCUT2D eigenvalue weighted by atomic mass is 9.98. The van der Waals surface area contributed by atoms with Crippen LogP contribution in [-0.2, 0) is 12.2 Å². The Morgan fingerprint density at radius 3 is 2.90 bits per heavy atom. The Morgan fingerprint density at radius 1 is 1.32 bits per heavy atom. The number of thiophene rings is 1. The third-order valence-electron chi connectivity index (χ3n) is 5.25. The minimum absolute atomic E-state index is 0.0763. The average molecular weight is 457 g/mol. The van der Waals surface area contributed by atoms with Gasteiger partial charge in [0, 0.05) is 4.88 Å². The summed E-state index contributed by atoms with van der Waals surface area (Å²) in [4.78, 5) is 22.5. The van der Waals surface area contributed by atoms with E-state index >= 15 is 0 Å². The summed E-state index contributed by atoms with van der Waals surface area (Å²) in [5.74, 6) is 2.25. The number of nitrogens with one attached hydrogen (secondary N) is 1. The van der Waals surface area contributed by atoms with E-state index < -0.39 is 0 Å². The molecule has 0 fully saturated rings. The van der Waals surface area contributed by atoms with Crippen molar-refractivity contribution in [2.45, 2.75) is 44.5 Å². The molecule has 8 nitrogen and oxygen atoms in total. The normalized spacial score (nSPS) is 12.4. The van der Waals surface area contributed by atoms with Crippen molar-refractivity contribution < 1.29 is 4.74 Å². The van der Waals surface area contributed by atoms with E-state index in [1.165, 1.54) is 16.6 Å². The summed E-state index contributed by atoms with van der Waals surface area (Å²) in [7, 11) is 1.61. The highest BCUT2D eigenvalue weighted by atomic mass is 32.2. The molecule has 1 N–H and O–H groups in total. The minimum Gasteiger partial charge on any atom is -0.494 e. The number of rotatable bonds is 8. The Bertz CT molecular complexity index is 1260. The number of ether oxygens (including phenoxy) is 1. The van der Waals surface area contributed by atoms with Crippen LogP contribution in [0.15, 0.2) is 34.2 Å². The van der Waals surface area contributed by atoms with Crippen LogP contribution in [0.5, 0.6) is 5.75 Å². The van der Waals surface area contributed by atoms with Gasteiger partial charge in [0.15, 0.2) is 0 Å². The molecule has 10 heteroatoms. The largest absolute Gasteiger partial charge is 0.494 e. The second-order valence-electron chi connectivity index (χ2n) is 7.38. The molecule has 0 amide bonds. The lowest BCUT2D eigenvalue weighted by Crippen LogP contribution is -2.12. The fourth-order valence-electron chi connectivity index (χ4n) is 3.38. The van der Waals surface area contributed by atoms with Crippen LogP contribution in [0.1, 0.15) is 36.5 Å². The summed E-state index contributed by atoms with van der Waals surface area (Å²) in [6, 6.07) is 7.53. The van der Waals surface area contributed by atoms with Crippen LogP contribution in [0, 0.1) is 12.8 Å². The molecule has 3 heterocycles. The van der Waals surface area contributed by atoms with Gasteiger partial charge >= 0.3 is 0 Å². The lowest BCUT2D eigenvalue weighted by Gasteiger charge is -2.09. The van der Waals surface area contributed by atoms with Gasteiger partial charge in [0.1, 0.15) is 22.1 Å². The summed E-state index contributed by atoms with van der Waals surface area (Å²) < 4.78 is 7.04. The minimum atomic E-state index is -0.0763. The first-order valence-electron chi connectivity index (χ1n) is 10.1. The number of aromatic amines is 1. The molecule has 0 aliphatic carbocycles. The van der Waals surface area contributed by atoms with Crippen molar-refractivity contribution in [3.05, 3.63) is 50.9 Å². The Kier molecular flexibility index (Phi) is 6.38. The smallest absolute Gasteiger partial charge is 0.259 e. The number of H-pyrrole nitrogens is 1. The third kappa shape index (κ3) is 4.35. The second kappa shape index (κ2) is 9.19. The van der Waals surface area contributed by atoms with Crippen LogP contribution in [0.4, 0.5) is 0 Å². The van der Waals surface area contributed by atoms with Gasteiger partial charge in [-0.1, -0.05) is 44.2 Å². The molecule has 1 aromatic carbocycles. The number of hydrogen-bond donors (Lipinski definition) is 1. The molecule has 0 aliphatic rings. The van der Waals surface area contributed by atoms with Crippen molar-refractivity contribution in [2.24, 2.45) is 5.92 Å². The number of fused-ring (bicyclic) bond motifs is 1. The predicted molar refractivity (Wildman–Crippen MR) is 123 cm³/mol. The molecule has 31 heavy (non-hydrogen) atoms. The fourth-order valence-corrected chi connectivity index (χ4v) is 5.21. The maximum atomic E-state index is 12.9. The van der Waals surface area contributed by atoms with Crippen LogP contribution in [0.2, 0.25) is 0 Å². The number of hydrogen-bond acceptors (Lipinski definition) is 8. The molecule has 0 saturated heterocycles. The standard InChI is InChI=1S/C21H24N6O2S2/c1-5-12(2)10-14-13(3)31-20-18(14)19(28)22-17(23-20)11-30-21-24-25-26-27(21)15-8-6-7-9-16(15)29-4/h6-9,12H,5,10-11H2,1-4H3,(H,22,23,28). The van der Waals surface area contributed by atoms with Crippen molar-refractivity contribution in [3.8, 4) is 11.4 Å². The van der Waals surface area contributed by atoms with Crippen molar-refractivity contribution >= 4 is 33.3 Å². The van der Waals surface area contributed by atoms with E-state index in [1.54, 1.807) is 23.1 Å². The summed E-state index contributed by atoms with van der Waals surface area (Å²) in [5, 5.41) is 13.3. The number of thioether (sulfide) groups is 1. The zero-order valence-electron chi connectivity index (χ0n) is 17.9. The predicted octanol–water partition coefficient (Wildman–Crippen LogP) is 4.16. The molecule has 0 aliphatic heterocycles. The van der Waals surface area contributed by atoms with Gasteiger partial charge in [0.25, 0.3) is 5.56 Å². The molecule has 0 spiro atoms. The number of aromatic nitrogens is 6.